The Kier molecular flexibility index (Phi) is 2.91. The van der Waals surface area contributed by atoms with Crippen molar-refractivity contribution in [2.24, 2.45) is 11.7 Å². The maximum absolute atomic E-state index is 12.6. The number of fused-ring (bicyclic) bond motifs is 1. The molecule has 2 N–H and O–H groups in total. The van der Waals surface area contributed by atoms with Crippen LogP contribution in [0, 0.1) is 5.92 Å². The summed E-state index contributed by atoms with van der Waals surface area (Å²) in [6.07, 6.45) is 3.24. The standard InChI is InChI=1S/C14H16N4O/c1-9-7-18(8-11(9)15)14(19)10-3-2-4-12-13(10)17-6-5-16-12/h2-6,9,11H,7-8,15H2,1H3. The number of likely N-dealkylation sites (tertiary alicyclic amines) is 1. The van der Waals surface area contributed by atoms with Gasteiger partial charge < -0.3 is 10.6 Å². The molecule has 1 saturated heterocycles. The van der Waals surface area contributed by atoms with Gasteiger partial charge in [0, 0.05) is 31.5 Å². The molecule has 5 nitrogen and oxygen atoms in total. The fraction of sp³-hybridized carbons (Fsp3) is 0.357. The zero-order valence-corrected chi connectivity index (χ0v) is 10.8. The van der Waals surface area contributed by atoms with E-state index in [0.717, 1.165) is 5.52 Å². The Bertz CT molecular complexity index is 612. The van der Waals surface area contributed by atoms with Crippen LogP contribution in [0.3, 0.4) is 0 Å². The Morgan fingerprint density at radius 2 is 2.11 bits per heavy atom. The minimum atomic E-state index is -0.00843. The lowest BCUT2D eigenvalue weighted by Crippen LogP contribution is -2.32. The van der Waals surface area contributed by atoms with Crippen molar-refractivity contribution in [1.82, 2.24) is 14.9 Å². The highest BCUT2D eigenvalue weighted by Gasteiger charge is 2.31. The van der Waals surface area contributed by atoms with Gasteiger partial charge in [-0.2, -0.15) is 0 Å². The number of aromatic nitrogens is 2. The molecule has 2 aromatic rings. The molecule has 0 aliphatic carbocycles. The minimum Gasteiger partial charge on any atom is -0.337 e. The van der Waals surface area contributed by atoms with E-state index in [1.807, 2.05) is 12.1 Å². The molecule has 98 valence electrons. The van der Waals surface area contributed by atoms with Gasteiger partial charge in [-0.05, 0) is 18.1 Å². The monoisotopic (exact) mass is 256 g/mol. The number of rotatable bonds is 1. The molecule has 0 bridgehead atoms. The van der Waals surface area contributed by atoms with E-state index in [2.05, 4.69) is 16.9 Å². The third-order valence-corrected chi connectivity index (χ3v) is 3.69. The first kappa shape index (κ1) is 12.0. The largest absolute Gasteiger partial charge is 0.337 e. The summed E-state index contributed by atoms with van der Waals surface area (Å²) >= 11 is 0. The molecule has 1 aliphatic rings. The highest BCUT2D eigenvalue weighted by Crippen LogP contribution is 2.20. The first-order valence-corrected chi connectivity index (χ1v) is 6.41. The molecule has 1 aliphatic heterocycles. The fourth-order valence-corrected chi connectivity index (χ4v) is 2.49. The van der Waals surface area contributed by atoms with Gasteiger partial charge in [-0.25, -0.2) is 0 Å². The third-order valence-electron chi connectivity index (χ3n) is 3.69. The number of hydrogen-bond acceptors (Lipinski definition) is 4. The van der Waals surface area contributed by atoms with Crippen molar-refractivity contribution in [2.45, 2.75) is 13.0 Å². The molecular formula is C14H16N4O. The molecule has 0 saturated carbocycles. The van der Waals surface area contributed by atoms with Crippen LogP contribution in [-0.4, -0.2) is 39.9 Å². The molecule has 3 rings (SSSR count). The number of carbonyl (C=O) groups is 1. The molecule has 2 atom stereocenters. The zero-order chi connectivity index (χ0) is 13.4. The van der Waals surface area contributed by atoms with Crippen molar-refractivity contribution in [2.75, 3.05) is 13.1 Å². The van der Waals surface area contributed by atoms with Gasteiger partial charge in [-0.1, -0.05) is 13.0 Å². The topological polar surface area (TPSA) is 72.1 Å². The summed E-state index contributed by atoms with van der Waals surface area (Å²) in [4.78, 5) is 22.9. The third kappa shape index (κ3) is 2.06. The summed E-state index contributed by atoms with van der Waals surface area (Å²) < 4.78 is 0. The smallest absolute Gasteiger partial charge is 0.256 e. The second-order valence-corrected chi connectivity index (χ2v) is 5.08. The number of para-hydroxylation sites is 1. The Balaban J connectivity index is 1.98. The summed E-state index contributed by atoms with van der Waals surface area (Å²) in [5, 5.41) is 0. The maximum atomic E-state index is 12.6. The SMILES string of the molecule is CC1CN(C(=O)c2cccc3nccnc23)CC1N. The van der Waals surface area contributed by atoms with Crippen LogP contribution in [0.25, 0.3) is 11.0 Å². The quantitative estimate of drug-likeness (QED) is 0.827. The molecule has 2 heterocycles. The molecular weight excluding hydrogens is 240 g/mol. The normalized spacial score (nSPS) is 22.9. The molecule has 5 heteroatoms. The lowest BCUT2D eigenvalue weighted by Gasteiger charge is -2.16. The highest BCUT2D eigenvalue weighted by atomic mass is 16.2. The van der Waals surface area contributed by atoms with Gasteiger partial charge >= 0.3 is 0 Å². The molecule has 19 heavy (non-hydrogen) atoms. The van der Waals surface area contributed by atoms with Crippen molar-refractivity contribution in [1.29, 1.82) is 0 Å². The van der Waals surface area contributed by atoms with Gasteiger partial charge in [0.25, 0.3) is 5.91 Å². The van der Waals surface area contributed by atoms with E-state index in [4.69, 9.17) is 5.73 Å². The van der Waals surface area contributed by atoms with Crippen molar-refractivity contribution in [3.05, 3.63) is 36.2 Å². The van der Waals surface area contributed by atoms with E-state index in [0.29, 0.717) is 30.1 Å². The number of nitrogens with two attached hydrogens (primary N) is 1. The van der Waals surface area contributed by atoms with E-state index >= 15 is 0 Å². The van der Waals surface area contributed by atoms with Crippen LogP contribution in [0.15, 0.2) is 30.6 Å². The van der Waals surface area contributed by atoms with Crippen molar-refractivity contribution in [3.8, 4) is 0 Å². The molecule has 2 unspecified atom stereocenters. The average Bonchev–Trinajstić information content (AvgIpc) is 2.77. The van der Waals surface area contributed by atoms with Gasteiger partial charge in [-0.15, -0.1) is 0 Å². The zero-order valence-electron chi connectivity index (χ0n) is 10.8. The molecule has 1 amide bonds. The van der Waals surface area contributed by atoms with Crippen LogP contribution in [-0.2, 0) is 0 Å². The van der Waals surface area contributed by atoms with E-state index in [9.17, 15) is 4.79 Å². The maximum Gasteiger partial charge on any atom is 0.256 e. The lowest BCUT2D eigenvalue weighted by atomic mass is 10.1. The Morgan fingerprint density at radius 1 is 1.32 bits per heavy atom. The van der Waals surface area contributed by atoms with Crippen LogP contribution >= 0.6 is 0 Å². The Labute approximate surface area is 111 Å². The van der Waals surface area contributed by atoms with Crippen molar-refractivity contribution >= 4 is 16.9 Å². The van der Waals surface area contributed by atoms with Gasteiger partial charge in [0.05, 0.1) is 11.1 Å². The lowest BCUT2D eigenvalue weighted by molar-refractivity contribution is 0.0788. The highest BCUT2D eigenvalue weighted by molar-refractivity contribution is 6.04. The average molecular weight is 256 g/mol. The van der Waals surface area contributed by atoms with Crippen molar-refractivity contribution < 1.29 is 4.79 Å². The van der Waals surface area contributed by atoms with Gasteiger partial charge in [-0.3, -0.25) is 14.8 Å². The molecule has 1 aromatic carbocycles. The van der Waals surface area contributed by atoms with Crippen LogP contribution in [0.2, 0.25) is 0 Å². The molecule has 0 spiro atoms. The van der Waals surface area contributed by atoms with E-state index in [1.54, 1.807) is 23.4 Å². The number of hydrogen-bond donors (Lipinski definition) is 1. The van der Waals surface area contributed by atoms with Crippen LogP contribution < -0.4 is 5.73 Å². The number of nitrogens with zero attached hydrogens (tertiary/aromatic N) is 3. The number of benzene rings is 1. The summed E-state index contributed by atoms with van der Waals surface area (Å²) in [5.74, 6) is 0.330. The van der Waals surface area contributed by atoms with Crippen molar-refractivity contribution in [3.63, 3.8) is 0 Å². The van der Waals surface area contributed by atoms with E-state index < -0.39 is 0 Å². The second kappa shape index (κ2) is 4.59. The molecule has 0 radical (unpaired) electrons. The predicted octanol–water partition coefficient (Wildman–Crippen LogP) is 1.05. The van der Waals surface area contributed by atoms with Gasteiger partial charge in [0.2, 0.25) is 0 Å². The van der Waals surface area contributed by atoms with Crippen LogP contribution in [0.5, 0.6) is 0 Å². The van der Waals surface area contributed by atoms with E-state index in [1.165, 1.54) is 0 Å². The summed E-state index contributed by atoms with van der Waals surface area (Å²) in [5.41, 5.74) is 7.98. The Morgan fingerprint density at radius 3 is 2.84 bits per heavy atom. The van der Waals surface area contributed by atoms with Crippen LogP contribution in [0.4, 0.5) is 0 Å². The summed E-state index contributed by atoms with van der Waals surface area (Å²) in [7, 11) is 0. The first-order valence-electron chi connectivity index (χ1n) is 6.41. The first-order chi connectivity index (χ1) is 9.16. The summed E-state index contributed by atoms with van der Waals surface area (Å²) in [6, 6.07) is 5.56. The predicted molar refractivity (Wildman–Crippen MR) is 72.6 cm³/mol. The summed E-state index contributed by atoms with van der Waals surface area (Å²) in [6.45, 7) is 3.38. The molecule has 1 fully saturated rings. The van der Waals surface area contributed by atoms with Crippen LogP contribution in [0.1, 0.15) is 17.3 Å². The molecule has 1 aromatic heterocycles. The Hall–Kier alpha value is -2.01. The van der Waals surface area contributed by atoms with Gasteiger partial charge in [0.1, 0.15) is 5.52 Å². The number of amides is 1. The second-order valence-electron chi connectivity index (χ2n) is 5.08. The number of carbonyl (C=O) groups excluding carboxylic acids is 1. The van der Waals surface area contributed by atoms with E-state index in [-0.39, 0.29) is 11.9 Å². The fourth-order valence-electron chi connectivity index (χ4n) is 2.49. The minimum absolute atomic E-state index is 0.00843. The van der Waals surface area contributed by atoms with Gasteiger partial charge in [0.15, 0.2) is 0 Å².